The van der Waals surface area contributed by atoms with Crippen LogP contribution in [0.5, 0.6) is 5.75 Å². The molecule has 0 amide bonds. The first kappa shape index (κ1) is 24.0. The van der Waals surface area contributed by atoms with Gasteiger partial charge in [-0.25, -0.2) is 0 Å². The molecule has 1 aliphatic rings. The number of methoxy groups -OCH3 is 1. The van der Waals surface area contributed by atoms with Gasteiger partial charge in [-0.1, -0.05) is 6.07 Å². The first-order valence-corrected chi connectivity index (χ1v) is 9.59. The minimum Gasteiger partial charge on any atom is -0.493 e. The predicted octanol–water partition coefficient (Wildman–Crippen LogP) is 3.44. The van der Waals surface area contributed by atoms with Gasteiger partial charge in [0.25, 0.3) is 0 Å². The standard InChI is InChI=1S/C20H34N4O2.HI/c1-21-20(22-11-8-17-9-12-24(2)13-10-17)23-18-6-4-7-19(16-18)26-15-5-14-25-3;/h4,6-7,16-17H,5,8-15H2,1-3H3,(H2,21,22,23);1H. The summed E-state index contributed by atoms with van der Waals surface area (Å²) in [7, 11) is 5.71. The van der Waals surface area contributed by atoms with Crippen molar-refractivity contribution in [3.8, 4) is 5.75 Å². The molecular weight excluding hydrogens is 455 g/mol. The fourth-order valence-electron chi connectivity index (χ4n) is 3.12. The number of nitrogens with one attached hydrogen (secondary N) is 2. The van der Waals surface area contributed by atoms with E-state index in [2.05, 4.69) is 27.6 Å². The Bertz CT molecular complexity index is 549. The second-order valence-corrected chi connectivity index (χ2v) is 6.88. The topological polar surface area (TPSA) is 58.1 Å². The second kappa shape index (κ2) is 14.0. The summed E-state index contributed by atoms with van der Waals surface area (Å²) in [5, 5.41) is 6.77. The quantitative estimate of drug-likeness (QED) is 0.241. The third kappa shape index (κ3) is 9.62. The molecule has 0 aliphatic carbocycles. The van der Waals surface area contributed by atoms with E-state index >= 15 is 0 Å². The summed E-state index contributed by atoms with van der Waals surface area (Å²) in [4.78, 5) is 6.73. The molecule has 7 heteroatoms. The Balaban J connectivity index is 0.00000364. The number of hydrogen-bond acceptors (Lipinski definition) is 4. The lowest BCUT2D eigenvalue weighted by atomic mass is 9.94. The molecule has 0 saturated carbocycles. The first-order valence-electron chi connectivity index (χ1n) is 9.59. The SMILES string of the molecule is CN=C(NCCC1CCN(C)CC1)Nc1cccc(OCCCOC)c1.I. The number of anilines is 1. The fourth-order valence-corrected chi connectivity index (χ4v) is 3.12. The monoisotopic (exact) mass is 490 g/mol. The van der Waals surface area contributed by atoms with Gasteiger partial charge in [-0.05, 0) is 57.5 Å². The number of guanidine groups is 1. The highest BCUT2D eigenvalue weighted by molar-refractivity contribution is 14.0. The van der Waals surface area contributed by atoms with Gasteiger partial charge in [0.2, 0.25) is 0 Å². The number of rotatable bonds is 9. The maximum absolute atomic E-state index is 5.75. The number of ether oxygens (including phenoxy) is 2. The van der Waals surface area contributed by atoms with Crippen LogP contribution in [0.1, 0.15) is 25.7 Å². The summed E-state index contributed by atoms with van der Waals surface area (Å²) < 4.78 is 10.8. The fraction of sp³-hybridized carbons (Fsp3) is 0.650. The average molecular weight is 490 g/mol. The summed E-state index contributed by atoms with van der Waals surface area (Å²) in [6.45, 7) is 4.75. The summed E-state index contributed by atoms with van der Waals surface area (Å²) in [5.74, 6) is 2.47. The number of halogens is 1. The van der Waals surface area contributed by atoms with Crippen molar-refractivity contribution in [1.82, 2.24) is 10.2 Å². The Hall–Kier alpha value is -1.06. The Morgan fingerprint density at radius 2 is 2.04 bits per heavy atom. The van der Waals surface area contributed by atoms with Crippen LogP contribution < -0.4 is 15.4 Å². The molecule has 154 valence electrons. The van der Waals surface area contributed by atoms with Crippen molar-refractivity contribution < 1.29 is 9.47 Å². The van der Waals surface area contributed by atoms with E-state index in [1.807, 2.05) is 24.3 Å². The van der Waals surface area contributed by atoms with Crippen molar-refractivity contribution in [2.75, 3.05) is 59.4 Å². The van der Waals surface area contributed by atoms with Crippen molar-refractivity contribution in [1.29, 1.82) is 0 Å². The van der Waals surface area contributed by atoms with E-state index in [1.54, 1.807) is 14.2 Å². The number of piperidine rings is 1. The van der Waals surface area contributed by atoms with Gasteiger partial charge in [-0.2, -0.15) is 0 Å². The summed E-state index contributed by atoms with van der Waals surface area (Å²) in [6, 6.07) is 7.97. The number of hydrogen-bond donors (Lipinski definition) is 2. The van der Waals surface area contributed by atoms with Gasteiger partial charge in [0.05, 0.1) is 6.61 Å². The van der Waals surface area contributed by atoms with E-state index in [1.165, 1.54) is 32.4 Å². The molecule has 0 aromatic heterocycles. The van der Waals surface area contributed by atoms with Crippen LogP contribution in [0.15, 0.2) is 29.3 Å². The van der Waals surface area contributed by atoms with Crippen molar-refractivity contribution in [3.05, 3.63) is 24.3 Å². The molecule has 1 aromatic carbocycles. The van der Waals surface area contributed by atoms with E-state index in [4.69, 9.17) is 9.47 Å². The zero-order valence-corrected chi connectivity index (χ0v) is 19.2. The molecule has 0 atom stereocenters. The van der Waals surface area contributed by atoms with Crippen molar-refractivity contribution in [2.45, 2.75) is 25.7 Å². The molecule has 2 rings (SSSR count). The van der Waals surface area contributed by atoms with Crippen LogP contribution in [0.4, 0.5) is 5.69 Å². The van der Waals surface area contributed by atoms with Gasteiger partial charge in [0.15, 0.2) is 5.96 Å². The van der Waals surface area contributed by atoms with Crippen LogP contribution in [-0.4, -0.2) is 64.9 Å². The summed E-state index contributed by atoms with van der Waals surface area (Å²) >= 11 is 0. The van der Waals surface area contributed by atoms with Crippen molar-refractivity contribution in [2.24, 2.45) is 10.9 Å². The molecule has 1 aliphatic heterocycles. The highest BCUT2D eigenvalue weighted by Crippen LogP contribution is 2.19. The van der Waals surface area contributed by atoms with Gasteiger partial charge in [-0.3, -0.25) is 4.99 Å². The third-order valence-corrected chi connectivity index (χ3v) is 4.77. The molecule has 0 unspecified atom stereocenters. The molecule has 27 heavy (non-hydrogen) atoms. The second-order valence-electron chi connectivity index (χ2n) is 6.88. The minimum atomic E-state index is 0. The molecule has 1 aromatic rings. The Labute approximate surface area is 181 Å². The highest BCUT2D eigenvalue weighted by atomic mass is 127. The Morgan fingerprint density at radius 3 is 2.74 bits per heavy atom. The summed E-state index contributed by atoms with van der Waals surface area (Å²) in [6.07, 6.45) is 4.67. The molecular formula is C20H35IN4O2. The van der Waals surface area contributed by atoms with Crippen LogP contribution in [-0.2, 0) is 4.74 Å². The molecule has 6 nitrogen and oxygen atoms in total. The Morgan fingerprint density at radius 1 is 1.26 bits per heavy atom. The number of aliphatic imine (C=N–C) groups is 1. The van der Waals surface area contributed by atoms with E-state index in [0.29, 0.717) is 13.2 Å². The zero-order valence-electron chi connectivity index (χ0n) is 16.9. The van der Waals surface area contributed by atoms with Crippen LogP contribution >= 0.6 is 24.0 Å². The molecule has 1 heterocycles. The van der Waals surface area contributed by atoms with Gasteiger partial charge < -0.3 is 25.0 Å². The summed E-state index contributed by atoms with van der Waals surface area (Å²) in [5.41, 5.74) is 0.974. The molecule has 0 bridgehead atoms. The predicted molar refractivity (Wildman–Crippen MR) is 124 cm³/mol. The number of benzene rings is 1. The largest absolute Gasteiger partial charge is 0.493 e. The molecule has 0 spiro atoms. The zero-order chi connectivity index (χ0) is 18.6. The van der Waals surface area contributed by atoms with Gasteiger partial charge in [-0.15, -0.1) is 24.0 Å². The Kier molecular flexibility index (Phi) is 12.4. The minimum absolute atomic E-state index is 0. The molecule has 0 radical (unpaired) electrons. The smallest absolute Gasteiger partial charge is 0.195 e. The van der Waals surface area contributed by atoms with Gasteiger partial charge >= 0.3 is 0 Å². The number of likely N-dealkylation sites (tertiary alicyclic amines) is 1. The third-order valence-electron chi connectivity index (χ3n) is 4.77. The maximum atomic E-state index is 5.75. The lowest BCUT2D eigenvalue weighted by Gasteiger charge is -2.29. The molecule has 1 saturated heterocycles. The maximum Gasteiger partial charge on any atom is 0.195 e. The normalized spacial score (nSPS) is 15.9. The van der Waals surface area contributed by atoms with E-state index in [-0.39, 0.29) is 24.0 Å². The van der Waals surface area contributed by atoms with E-state index in [0.717, 1.165) is 36.3 Å². The van der Waals surface area contributed by atoms with Crippen molar-refractivity contribution in [3.63, 3.8) is 0 Å². The van der Waals surface area contributed by atoms with E-state index in [9.17, 15) is 0 Å². The van der Waals surface area contributed by atoms with Gasteiger partial charge in [0.1, 0.15) is 5.75 Å². The lowest BCUT2D eigenvalue weighted by Crippen LogP contribution is -2.35. The van der Waals surface area contributed by atoms with Crippen LogP contribution in [0.2, 0.25) is 0 Å². The first-order chi connectivity index (χ1) is 12.7. The van der Waals surface area contributed by atoms with Crippen LogP contribution in [0, 0.1) is 5.92 Å². The number of nitrogens with zero attached hydrogens (tertiary/aromatic N) is 2. The van der Waals surface area contributed by atoms with Crippen LogP contribution in [0.3, 0.4) is 0 Å². The highest BCUT2D eigenvalue weighted by Gasteiger charge is 2.16. The van der Waals surface area contributed by atoms with Crippen molar-refractivity contribution >= 4 is 35.6 Å². The molecule has 2 N–H and O–H groups in total. The average Bonchev–Trinajstić information content (AvgIpc) is 2.66. The van der Waals surface area contributed by atoms with Gasteiger partial charge in [0, 0.05) is 45.5 Å². The van der Waals surface area contributed by atoms with Crippen LogP contribution in [0.25, 0.3) is 0 Å². The van der Waals surface area contributed by atoms with E-state index < -0.39 is 0 Å². The molecule has 1 fully saturated rings. The lowest BCUT2D eigenvalue weighted by molar-refractivity contribution is 0.172.